The Balaban J connectivity index is 3.00. The Bertz CT molecular complexity index is 369. The number of esters is 2. The number of ether oxygens (including phenoxy) is 4. The first-order chi connectivity index (χ1) is 9.40. The minimum atomic E-state index is -1.44. The highest BCUT2D eigenvalue weighted by molar-refractivity contribution is 5.67. The highest BCUT2D eigenvalue weighted by atomic mass is 16.7. The van der Waals surface area contributed by atoms with Crippen molar-refractivity contribution in [1.29, 1.82) is 0 Å². The van der Waals surface area contributed by atoms with Crippen LogP contribution in [0.15, 0.2) is 0 Å². The molecule has 9 heteroatoms. The summed E-state index contributed by atoms with van der Waals surface area (Å²) in [5.41, 5.74) is 0. The molecule has 0 aromatic carbocycles. The Morgan fingerprint density at radius 3 is 2.25 bits per heavy atom. The molecule has 0 aromatic heterocycles. The van der Waals surface area contributed by atoms with Crippen molar-refractivity contribution in [2.24, 2.45) is 0 Å². The quantitative estimate of drug-likeness (QED) is 0.339. The third kappa shape index (κ3) is 3.89. The van der Waals surface area contributed by atoms with Crippen LogP contribution < -0.4 is 0 Å². The third-order valence-electron chi connectivity index (χ3n) is 2.60. The van der Waals surface area contributed by atoms with Crippen LogP contribution in [-0.2, 0) is 33.3 Å². The normalized spacial score (nSPS) is 33.1. The van der Waals surface area contributed by atoms with Gasteiger partial charge in [0.05, 0.1) is 6.61 Å². The number of carbonyl (C=O) groups is 3. The number of rotatable bonds is 5. The van der Waals surface area contributed by atoms with Crippen LogP contribution in [0.3, 0.4) is 0 Å². The van der Waals surface area contributed by atoms with Crippen LogP contribution in [0.5, 0.6) is 0 Å². The fourth-order valence-corrected chi connectivity index (χ4v) is 1.84. The molecule has 0 spiro atoms. The molecule has 9 nitrogen and oxygen atoms in total. The monoisotopic (exact) mass is 292 g/mol. The second-order valence-corrected chi connectivity index (χ2v) is 4.10. The summed E-state index contributed by atoms with van der Waals surface area (Å²) in [7, 11) is 0. The van der Waals surface area contributed by atoms with Gasteiger partial charge in [0.2, 0.25) is 12.4 Å². The van der Waals surface area contributed by atoms with Crippen molar-refractivity contribution in [2.45, 2.75) is 44.6 Å². The van der Waals surface area contributed by atoms with Crippen molar-refractivity contribution >= 4 is 18.4 Å². The van der Waals surface area contributed by atoms with Gasteiger partial charge < -0.3 is 29.2 Å². The number of hydrogen-bond donors (Lipinski definition) is 2. The lowest BCUT2D eigenvalue weighted by Gasteiger charge is -2.41. The molecule has 20 heavy (non-hydrogen) atoms. The van der Waals surface area contributed by atoms with E-state index in [1.165, 1.54) is 0 Å². The molecule has 114 valence electrons. The first-order valence-electron chi connectivity index (χ1n) is 5.78. The third-order valence-corrected chi connectivity index (χ3v) is 2.60. The average molecular weight is 292 g/mol. The summed E-state index contributed by atoms with van der Waals surface area (Å²) in [6, 6.07) is 0. The highest BCUT2D eigenvalue weighted by Crippen LogP contribution is 2.26. The van der Waals surface area contributed by atoms with Gasteiger partial charge in [0, 0.05) is 13.8 Å². The zero-order valence-electron chi connectivity index (χ0n) is 10.9. The number of hydrogen-bond acceptors (Lipinski definition) is 9. The standard InChI is InChI=1S/C11H16O9/c1-5(14)18-10-9(17-4-13)8(16)7(3-12)20-11(10)19-6(2)15/h4,7-12,16H,3H2,1-2H3/t7-,8-,9+,10+,11+/m1/s1. The zero-order valence-corrected chi connectivity index (χ0v) is 10.9. The first-order valence-corrected chi connectivity index (χ1v) is 5.78. The molecule has 2 N–H and O–H groups in total. The summed E-state index contributed by atoms with van der Waals surface area (Å²) < 4.78 is 19.5. The van der Waals surface area contributed by atoms with Gasteiger partial charge in [-0.2, -0.15) is 0 Å². The summed E-state index contributed by atoms with van der Waals surface area (Å²) in [5, 5.41) is 19.0. The van der Waals surface area contributed by atoms with E-state index >= 15 is 0 Å². The smallest absolute Gasteiger partial charge is 0.305 e. The van der Waals surface area contributed by atoms with E-state index in [-0.39, 0.29) is 6.47 Å². The van der Waals surface area contributed by atoms with Crippen molar-refractivity contribution in [3.8, 4) is 0 Å². The van der Waals surface area contributed by atoms with E-state index in [9.17, 15) is 19.5 Å². The molecule has 1 fully saturated rings. The predicted molar refractivity (Wildman–Crippen MR) is 60.0 cm³/mol. The van der Waals surface area contributed by atoms with Crippen molar-refractivity contribution < 1.29 is 43.5 Å². The van der Waals surface area contributed by atoms with Gasteiger partial charge in [0.15, 0.2) is 6.10 Å². The van der Waals surface area contributed by atoms with E-state index in [4.69, 9.17) is 19.3 Å². The molecule has 5 atom stereocenters. The molecule has 1 aliphatic rings. The summed E-state index contributed by atoms with van der Waals surface area (Å²) in [5.74, 6) is -1.48. The topological polar surface area (TPSA) is 129 Å². The van der Waals surface area contributed by atoms with E-state index in [2.05, 4.69) is 4.74 Å². The van der Waals surface area contributed by atoms with Gasteiger partial charge in [-0.05, 0) is 0 Å². The second-order valence-electron chi connectivity index (χ2n) is 4.10. The molecule has 1 aliphatic heterocycles. The summed E-state index contributed by atoms with van der Waals surface area (Å²) in [6.07, 6.45) is -6.66. The fourth-order valence-electron chi connectivity index (χ4n) is 1.84. The predicted octanol–water partition coefficient (Wildman–Crippen LogP) is -1.90. The van der Waals surface area contributed by atoms with Crippen LogP contribution in [0.1, 0.15) is 13.8 Å². The maximum Gasteiger partial charge on any atom is 0.305 e. The molecule has 1 heterocycles. The Labute approximate surface area is 114 Å². The van der Waals surface area contributed by atoms with Gasteiger partial charge in [0.1, 0.15) is 12.2 Å². The summed E-state index contributed by atoms with van der Waals surface area (Å²) in [4.78, 5) is 32.6. The highest BCUT2D eigenvalue weighted by Gasteiger charge is 2.50. The van der Waals surface area contributed by atoms with Gasteiger partial charge in [0.25, 0.3) is 6.47 Å². The Hall–Kier alpha value is -1.71. The van der Waals surface area contributed by atoms with Crippen molar-refractivity contribution in [2.75, 3.05) is 6.61 Å². The Morgan fingerprint density at radius 2 is 1.80 bits per heavy atom. The lowest BCUT2D eigenvalue weighted by atomic mass is 9.99. The van der Waals surface area contributed by atoms with Crippen LogP contribution in [0, 0.1) is 0 Å². The minimum absolute atomic E-state index is 0.0506. The first kappa shape index (κ1) is 16.3. The second kappa shape index (κ2) is 7.17. The van der Waals surface area contributed by atoms with Gasteiger partial charge in [-0.1, -0.05) is 0 Å². The van der Waals surface area contributed by atoms with Crippen LogP contribution in [0.2, 0.25) is 0 Å². The van der Waals surface area contributed by atoms with Crippen molar-refractivity contribution in [3.05, 3.63) is 0 Å². The number of aliphatic hydroxyl groups excluding tert-OH is 2. The van der Waals surface area contributed by atoms with Gasteiger partial charge in [-0.25, -0.2) is 0 Å². The molecule has 0 unspecified atom stereocenters. The fraction of sp³-hybridized carbons (Fsp3) is 0.727. The minimum Gasteiger partial charge on any atom is -0.457 e. The zero-order chi connectivity index (χ0) is 15.3. The van der Waals surface area contributed by atoms with Gasteiger partial charge >= 0.3 is 11.9 Å². The van der Waals surface area contributed by atoms with E-state index < -0.39 is 49.3 Å². The Kier molecular flexibility index (Phi) is 5.86. The SMILES string of the molecule is CC(=O)O[C@H]1O[C@H](CO)[C@@H](O)[C@H](OC=O)[C@@H]1OC(C)=O. The van der Waals surface area contributed by atoms with E-state index in [0.29, 0.717) is 0 Å². The van der Waals surface area contributed by atoms with E-state index in [1.807, 2.05) is 0 Å². The van der Waals surface area contributed by atoms with Gasteiger partial charge in [-0.3, -0.25) is 14.4 Å². The lowest BCUT2D eigenvalue weighted by molar-refractivity contribution is -0.296. The Morgan fingerprint density at radius 1 is 1.20 bits per heavy atom. The lowest BCUT2D eigenvalue weighted by Crippen LogP contribution is -2.61. The molecular weight excluding hydrogens is 276 g/mol. The van der Waals surface area contributed by atoms with Crippen molar-refractivity contribution in [1.82, 2.24) is 0 Å². The average Bonchev–Trinajstić information content (AvgIpc) is 2.35. The molecule has 1 rings (SSSR count). The maximum absolute atomic E-state index is 11.1. The van der Waals surface area contributed by atoms with E-state index in [0.717, 1.165) is 13.8 Å². The number of aliphatic hydroxyl groups is 2. The van der Waals surface area contributed by atoms with Crippen LogP contribution in [0.4, 0.5) is 0 Å². The van der Waals surface area contributed by atoms with Crippen LogP contribution in [-0.4, -0.2) is 65.9 Å². The van der Waals surface area contributed by atoms with Gasteiger partial charge in [-0.15, -0.1) is 0 Å². The molecule has 0 radical (unpaired) electrons. The molecule has 0 aliphatic carbocycles. The van der Waals surface area contributed by atoms with Crippen molar-refractivity contribution in [3.63, 3.8) is 0 Å². The molecular formula is C11H16O9. The summed E-state index contributed by atoms with van der Waals surface area (Å²) in [6.45, 7) is 1.63. The van der Waals surface area contributed by atoms with Crippen LogP contribution >= 0.6 is 0 Å². The molecule has 1 saturated heterocycles. The number of carbonyl (C=O) groups excluding carboxylic acids is 3. The summed E-state index contributed by atoms with van der Waals surface area (Å²) >= 11 is 0. The van der Waals surface area contributed by atoms with E-state index in [1.54, 1.807) is 0 Å². The maximum atomic E-state index is 11.1. The molecule has 0 aromatic rings. The molecule has 0 bridgehead atoms. The largest absolute Gasteiger partial charge is 0.457 e. The molecule has 0 amide bonds. The molecule has 0 saturated carbocycles. The van der Waals surface area contributed by atoms with Crippen LogP contribution in [0.25, 0.3) is 0 Å².